The fourth-order valence-electron chi connectivity index (χ4n) is 1.36. The lowest BCUT2D eigenvalue weighted by Crippen LogP contribution is -1.87. The quantitative estimate of drug-likeness (QED) is 0.634. The Hall–Kier alpha value is -1.41. The molecule has 0 atom stereocenters. The first-order valence-electron chi connectivity index (χ1n) is 4.38. The molecule has 0 bridgehead atoms. The highest BCUT2D eigenvalue weighted by Crippen LogP contribution is 2.27. The maximum Gasteiger partial charge on any atom is 0.142 e. The number of benzene rings is 2. The third-order valence-corrected chi connectivity index (χ3v) is 2.38. The molecule has 15 heavy (non-hydrogen) atoms. The van der Waals surface area contributed by atoms with Crippen LogP contribution >= 0.6 is 11.6 Å². The minimum atomic E-state index is -0.614. The Kier molecular flexibility index (Phi) is 2.69. The first-order valence-corrected chi connectivity index (χ1v) is 4.76. The normalized spacial score (nSPS) is 10.3. The SMILES string of the molecule is Fc1cc(-c2ccccc2)c(F)cc1Cl. The van der Waals surface area contributed by atoms with Crippen LogP contribution in [0, 0.1) is 11.6 Å². The summed E-state index contributed by atoms with van der Waals surface area (Å²) >= 11 is 5.46. The van der Waals surface area contributed by atoms with E-state index in [2.05, 4.69) is 0 Å². The van der Waals surface area contributed by atoms with Gasteiger partial charge in [0.15, 0.2) is 0 Å². The van der Waals surface area contributed by atoms with Crippen molar-refractivity contribution in [3.8, 4) is 11.1 Å². The first-order chi connectivity index (χ1) is 7.18. The summed E-state index contributed by atoms with van der Waals surface area (Å²) in [5.74, 6) is -1.13. The molecule has 0 N–H and O–H groups in total. The van der Waals surface area contributed by atoms with E-state index in [1.165, 1.54) is 0 Å². The molecule has 2 rings (SSSR count). The van der Waals surface area contributed by atoms with Crippen LogP contribution in [0.25, 0.3) is 11.1 Å². The average molecular weight is 225 g/mol. The molecule has 0 nitrogen and oxygen atoms in total. The van der Waals surface area contributed by atoms with E-state index < -0.39 is 11.6 Å². The summed E-state index contributed by atoms with van der Waals surface area (Å²) in [4.78, 5) is 0. The van der Waals surface area contributed by atoms with Crippen LogP contribution in [0.2, 0.25) is 5.02 Å². The highest BCUT2D eigenvalue weighted by atomic mass is 35.5. The van der Waals surface area contributed by atoms with Crippen LogP contribution in [0.5, 0.6) is 0 Å². The zero-order valence-electron chi connectivity index (χ0n) is 7.68. The fourth-order valence-corrected chi connectivity index (χ4v) is 1.51. The third-order valence-electron chi connectivity index (χ3n) is 2.09. The van der Waals surface area contributed by atoms with Crippen LogP contribution in [0.3, 0.4) is 0 Å². The maximum atomic E-state index is 13.5. The lowest BCUT2D eigenvalue weighted by molar-refractivity contribution is 0.603. The van der Waals surface area contributed by atoms with Crippen LogP contribution in [0.4, 0.5) is 8.78 Å². The highest BCUT2D eigenvalue weighted by molar-refractivity contribution is 6.30. The molecular weight excluding hydrogens is 218 g/mol. The van der Waals surface area contributed by atoms with Crippen molar-refractivity contribution in [1.82, 2.24) is 0 Å². The van der Waals surface area contributed by atoms with E-state index in [1.807, 2.05) is 6.07 Å². The van der Waals surface area contributed by atoms with Crippen molar-refractivity contribution in [2.24, 2.45) is 0 Å². The van der Waals surface area contributed by atoms with Gasteiger partial charge < -0.3 is 0 Å². The highest BCUT2D eigenvalue weighted by Gasteiger charge is 2.09. The van der Waals surface area contributed by atoms with Gasteiger partial charge in [-0.05, 0) is 17.7 Å². The van der Waals surface area contributed by atoms with Gasteiger partial charge in [-0.15, -0.1) is 0 Å². The zero-order valence-corrected chi connectivity index (χ0v) is 8.43. The summed E-state index contributed by atoms with van der Waals surface area (Å²) in [6.45, 7) is 0. The lowest BCUT2D eigenvalue weighted by atomic mass is 10.1. The second kappa shape index (κ2) is 3.99. The second-order valence-corrected chi connectivity index (χ2v) is 3.52. The summed E-state index contributed by atoms with van der Waals surface area (Å²) < 4.78 is 26.6. The number of rotatable bonds is 1. The number of hydrogen-bond acceptors (Lipinski definition) is 0. The molecule has 2 aromatic rings. The van der Waals surface area contributed by atoms with Gasteiger partial charge in [-0.25, -0.2) is 8.78 Å². The monoisotopic (exact) mass is 224 g/mol. The zero-order chi connectivity index (χ0) is 10.8. The fraction of sp³-hybridized carbons (Fsp3) is 0. The molecule has 0 spiro atoms. The Morgan fingerprint density at radius 1 is 0.867 bits per heavy atom. The molecule has 0 saturated heterocycles. The van der Waals surface area contributed by atoms with E-state index in [9.17, 15) is 8.78 Å². The van der Waals surface area contributed by atoms with E-state index in [1.54, 1.807) is 24.3 Å². The van der Waals surface area contributed by atoms with Crippen molar-refractivity contribution < 1.29 is 8.78 Å². The molecule has 0 saturated carbocycles. The van der Waals surface area contributed by atoms with E-state index in [-0.39, 0.29) is 10.6 Å². The van der Waals surface area contributed by atoms with Gasteiger partial charge in [-0.1, -0.05) is 41.9 Å². The molecule has 0 fully saturated rings. The summed E-state index contributed by atoms with van der Waals surface area (Å²) in [6, 6.07) is 10.9. The molecule has 3 heteroatoms. The largest absolute Gasteiger partial charge is 0.206 e. The van der Waals surface area contributed by atoms with Gasteiger partial charge in [0.1, 0.15) is 11.6 Å². The van der Waals surface area contributed by atoms with Crippen molar-refractivity contribution in [2.45, 2.75) is 0 Å². The molecule has 0 amide bonds. The predicted octanol–water partition coefficient (Wildman–Crippen LogP) is 4.29. The van der Waals surface area contributed by atoms with E-state index in [4.69, 9.17) is 11.6 Å². The maximum absolute atomic E-state index is 13.5. The summed E-state index contributed by atoms with van der Waals surface area (Å²) in [5.41, 5.74) is 0.850. The molecule has 0 aliphatic rings. The van der Waals surface area contributed by atoms with Gasteiger partial charge in [0.2, 0.25) is 0 Å². The molecule has 0 heterocycles. The van der Waals surface area contributed by atoms with E-state index >= 15 is 0 Å². The van der Waals surface area contributed by atoms with Gasteiger partial charge in [-0.3, -0.25) is 0 Å². The van der Waals surface area contributed by atoms with Crippen molar-refractivity contribution in [3.63, 3.8) is 0 Å². The van der Waals surface area contributed by atoms with Gasteiger partial charge in [0, 0.05) is 5.56 Å². The first kappa shape index (κ1) is 10.1. The van der Waals surface area contributed by atoms with Crippen LogP contribution in [0.15, 0.2) is 42.5 Å². The molecule has 0 radical (unpaired) electrons. The summed E-state index contributed by atoms with van der Waals surface area (Å²) in [7, 11) is 0. The number of hydrogen-bond donors (Lipinski definition) is 0. The minimum absolute atomic E-state index is 0.202. The Morgan fingerprint density at radius 2 is 1.53 bits per heavy atom. The lowest BCUT2D eigenvalue weighted by Gasteiger charge is -2.04. The van der Waals surface area contributed by atoms with E-state index in [0.29, 0.717) is 5.56 Å². The van der Waals surface area contributed by atoms with Crippen LogP contribution < -0.4 is 0 Å². The van der Waals surface area contributed by atoms with E-state index in [0.717, 1.165) is 12.1 Å². The molecule has 0 aliphatic heterocycles. The van der Waals surface area contributed by atoms with Gasteiger partial charge >= 0.3 is 0 Å². The van der Waals surface area contributed by atoms with Crippen molar-refractivity contribution >= 4 is 11.6 Å². The Morgan fingerprint density at radius 3 is 2.20 bits per heavy atom. The number of halogens is 3. The smallest absolute Gasteiger partial charge is 0.142 e. The Balaban J connectivity index is 2.59. The second-order valence-electron chi connectivity index (χ2n) is 3.11. The standard InChI is InChI=1S/C12H7ClF2/c13-10-7-11(14)9(6-12(10)15)8-4-2-1-3-5-8/h1-7H. The van der Waals surface area contributed by atoms with Crippen molar-refractivity contribution in [2.75, 3.05) is 0 Å². The Labute approximate surface area is 91.1 Å². The third kappa shape index (κ3) is 2.00. The summed E-state index contributed by atoms with van der Waals surface area (Å²) in [5, 5.41) is -0.202. The van der Waals surface area contributed by atoms with Gasteiger partial charge in [-0.2, -0.15) is 0 Å². The molecule has 0 unspecified atom stereocenters. The van der Waals surface area contributed by atoms with Crippen LogP contribution in [-0.4, -0.2) is 0 Å². The topological polar surface area (TPSA) is 0 Å². The van der Waals surface area contributed by atoms with Gasteiger partial charge in [0.25, 0.3) is 0 Å². The average Bonchev–Trinajstić information content (AvgIpc) is 2.25. The Bertz CT molecular complexity index is 480. The predicted molar refractivity (Wildman–Crippen MR) is 56.8 cm³/mol. The van der Waals surface area contributed by atoms with Crippen molar-refractivity contribution in [3.05, 3.63) is 59.1 Å². The minimum Gasteiger partial charge on any atom is -0.206 e. The van der Waals surface area contributed by atoms with Crippen LogP contribution in [-0.2, 0) is 0 Å². The van der Waals surface area contributed by atoms with Gasteiger partial charge in [0.05, 0.1) is 5.02 Å². The molecular formula is C12H7ClF2. The molecule has 0 aromatic heterocycles. The van der Waals surface area contributed by atoms with Crippen molar-refractivity contribution in [1.29, 1.82) is 0 Å². The molecule has 0 aliphatic carbocycles. The van der Waals surface area contributed by atoms with Crippen LogP contribution in [0.1, 0.15) is 0 Å². The summed E-state index contributed by atoms with van der Waals surface area (Å²) in [6.07, 6.45) is 0. The molecule has 76 valence electrons. The molecule has 2 aromatic carbocycles.